The van der Waals surface area contributed by atoms with Crippen LogP contribution in [0.15, 0.2) is 60.6 Å². The third-order valence-electron chi connectivity index (χ3n) is 6.29. The number of para-hydroxylation sites is 1. The predicted molar refractivity (Wildman–Crippen MR) is 143 cm³/mol. The van der Waals surface area contributed by atoms with E-state index < -0.39 is 17.1 Å². The lowest BCUT2D eigenvalue weighted by molar-refractivity contribution is -0.385. The monoisotopic (exact) mass is 537 g/mol. The molecule has 3 N–H and O–H groups in total. The van der Waals surface area contributed by atoms with E-state index in [2.05, 4.69) is 15.6 Å². The van der Waals surface area contributed by atoms with Crippen LogP contribution in [0.1, 0.15) is 42.5 Å². The van der Waals surface area contributed by atoms with Crippen LogP contribution in [0.4, 0.5) is 11.5 Å². The molecule has 0 radical (unpaired) electrons. The van der Waals surface area contributed by atoms with Crippen molar-refractivity contribution in [1.29, 1.82) is 0 Å². The molecular formula is C27H31N5O7. The summed E-state index contributed by atoms with van der Waals surface area (Å²) in [7, 11) is 0. The summed E-state index contributed by atoms with van der Waals surface area (Å²) in [5.74, 6) is -0.209. The standard InChI is InChI=1S/C27H31N5O7/c1-18(34)31-17-22(21-6-2-3-7-23(21)31)19-14-24(39-26(15-19)38-13-5-4-12-33)27(35)29-11-10-28-25-9-8-20(16-30-25)32(36)37/h2-3,6-9,14,16-17,19,26,33H,4-5,10-13,15H2,1H3,(H,28,30)(H,29,35)/t19-,26+/m1/s1. The molecule has 1 amide bonds. The van der Waals surface area contributed by atoms with Gasteiger partial charge in [-0.1, -0.05) is 18.2 Å². The van der Waals surface area contributed by atoms with E-state index >= 15 is 0 Å². The van der Waals surface area contributed by atoms with Gasteiger partial charge in [-0.15, -0.1) is 0 Å². The van der Waals surface area contributed by atoms with Crippen LogP contribution >= 0.6 is 0 Å². The average molecular weight is 538 g/mol. The van der Waals surface area contributed by atoms with Gasteiger partial charge < -0.3 is 25.2 Å². The van der Waals surface area contributed by atoms with Gasteiger partial charge in [0.2, 0.25) is 12.2 Å². The van der Waals surface area contributed by atoms with E-state index in [9.17, 15) is 19.7 Å². The van der Waals surface area contributed by atoms with Crippen LogP contribution in [0.2, 0.25) is 0 Å². The molecule has 0 spiro atoms. The predicted octanol–water partition coefficient (Wildman–Crippen LogP) is 3.34. The van der Waals surface area contributed by atoms with Gasteiger partial charge in [-0.05, 0) is 36.6 Å². The number of aliphatic hydroxyl groups is 1. The van der Waals surface area contributed by atoms with Crippen molar-refractivity contribution in [3.63, 3.8) is 0 Å². The van der Waals surface area contributed by atoms with E-state index in [1.54, 1.807) is 16.8 Å². The molecule has 0 saturated carbocycles. The third kappa shape index (κ3) is 6.98. The van der Waals surface area contributed by atoms with E-state index in [0.29, 0.717) is 38.2 Å². The van der Waals surface area contributed by atoms with E-state index in [1.165, 1.54) is 19.1 Å². The summed E-state index contributed by atoms with van der Waals surface area (Å²) >= 11 is 0. The molecule has 12 heteroatoms. The number of nitrogens with zero attached hydrogens (tertiary/aromatic N) is 3. The lowest BCUT2D eigenvalue weighted by Crippen LogP contribution is -2.35. The topological polar surface area (TPSA) is 158 Å². The number of hydrogen-bond donors (Lipinski definition) is 3. The zero-order valence-electron chi connectivity index (χ0n) is 21.5. The summed E-state index contributed by atoms with van der Waals surface area (Å²) in [5, 5.41) is 26.5. The summed E-state index contributed by atoms with van der Waals surface area (Å²) in [6, 6.07) is 10.4. The highest BCUT2D eigenvalue weighted by molar-refractivity contribution is 5.95. The van der Waals surface area contributed by atoms with E-state index in [4.69, 9.17) is 14.6 Å². The minimum Gasteiger partial charge on any atom is -0.459 e. The van der Waals surface area contributed by atoms with Crippen LogP contribution in [0.3, 0.4) is 0 Å². The van der Waals surface area contributed by atoms with Gasteiger partial charge in [-0.3, -0.25) is 24.3 Å². The Bertz CT molecular complexity index is 1350. The molecule has 0 fully saturated rings. The molecule has 3 heterocycles. The van der Waals surface area contributed by atoms with Crippen molar-refractivity contribution in [2.75, 3.05) is 31.6 Å². The number of nitro groups is 1. The fourth-order valence-corrected chi connectivity index (χ4v) is 4.38. The molecule has 4 rings (SSSR count). The summed E-state index contributed by atoms with van der Waals surface area (Å²) in [6.07, 6.45) is 5.74. The average Bonchev–Trinajstić information content (AvgIpc) is 3.34. The lowest BCUT2D eigenvalue weighted by Gasteiger charge is -2.29. The summed E-state index contributed by atoms with van der Waals surface area (Å²) in [5.41, 5.74) is 1.57. The van der Waals surface area contributed by atoms with Gasteiger partial charge in [0.15, 0.2) is 5.76 Å². The van der Waals surface area contributed by atoms with E-state index in [0.717, 1.165) is 22.7 Å². The maximum absolute atomic E-state index is 13.0. The molecule has 12 nitrogen and oxygen atoms in total. The maximum atomic E-state index is 13.0. The first kappa shape index (κ1) is 27.7. The minimum absolute atomic E-state index is 0.0685. The highest BCUT2D eigenvalue weighted by Crippen LogP contribution is 2.36. The van der Waals surface area contributed by atoms with Gasteiger partial charge >= 0.3 is 0 Å². The Morgan fingerprint density at radius 1 is 1.23 bits per heavy atom. The number of hydrogen-bond acceptors (Lipinski definition) is 9. The van der Waals surface area contributed by atoms with Crippen molar-refractivity contribution >= 4 is 34.2 Å². The first-order valence-electron chi connectivity index (χ1n) is 12.7. The number of fused-ring (bicyclic) bond motifs is 1. The van der Waals surface area contributed by atoms with Crippen molar-refractivity contribution < 1.29 is 29.1 Å². The minimum atomic E-state index is -0.679. The molecule has 39 heavy (non-hydrogen) atoms. The van der Waals surface area contributed by atoms with Crippen molar-refractivity contribution in [2.24, 2.45) is 0 Å². The Morgan fingerprint density at radius 2 is 2.05 bits per heavy atom. The number of aromatic nitrogens is 2. The molecule has 2 aromatic heterocycles. The molecule has 0 unspecified atom stereocenters. The second-order valence-corrected chi connectivity index (χ2v) is 9.05. The maximum Gasteiger partial charge on any atom is 0.287 e. The Kier molecular flexibility index (Phi) is 9.23. The number of benzene rings is 1. The number of pyridine rings is 1. The first-order chi connectivity index (χ1) is 18.9. The largest absolute Gasteiger partial charge is 0.459 e. The molecule has 1 aliphatic heterocycles. The number of carbonyl (C=O) groups excluding carboxylic acids is 2. The SMILES string of the molecule is CC(=O)n1cc([C@@H]2C=C(C(=O)NCCNc3ccc([N+](=O)[O-])cn3)O[C@H](OCCCCO)C2)c2ccccc21. The van der Waals surface area contributed by atoms with Crippen LogP contribution in [-0.4, -0.2) is 64.0 Å². The Balaban J connectivity index is 1.46. The van der Waals surface area contributed by atoms with E-state index in [1.807, 2.05) is 24.3 Å². The molecule has 0 bridgehead atoms. The Hall–Kier alpha value is -4.29. The molecular weight excluding hydrogens is 506 g/mol. The van der Waals surface area contributed by atoms with Gasteiger partial charge in [-0.25, -0.2) is 4.98 Å². The van der Waals surface area contributed by atoms with Gasteiger partial charge in [-0.2, -0.15) is 0 Å². The molecule has 206 valence electrons. The quantitative estimate of drug-likeness (QED) is 0.179. The van der Waals surface area contributed by atoms with Gasteiger partial charge in [0.25, 0.3) is 11.6 Å². The zero-order valence-corrected chi connectivity index (χ0v) is 21.5. The Morgan fingerprint density at radius 3 is 2.77 bits per heavy atom. The van der Waals surface area contributed by atoms with Crippen molar-refractivity contribution in [3.05, 3.63) is 76.3 Å². The molecule has 1 aliphatic rings. The number of carbonyl (C=O) groups is 2. The number of ether oxygens (including phenoxy) is 2. The number of aliphatic hydroxyl groups excluding tert-OH is 1. The fourth-order valence-electron chi connectivity index (χ4n) is 4.38. The van der Waals surface area contributed by atoms with Crippen molar-refractivity contribution in [1.82, 2.24) is 14.9 Å². The van der Waals surface area contributed by atoms with Crippen LogP contribution < -0.4 is 10.6 Å². The number of allylic oxidation sites excluding steroid dienone is 1. The highest BCUT2D eigenvalue weighted by atomic mass is 16.7. The molecule has 0 saturated heterocycles. The number of nitrogens with one attached hydrogen (secondary N) is 2. The fraction of sp³-hybridized carbons (Fsp3) is 0.370. The highest BCUT2D eigenvalue weighted by Gasteiger charge is 2.30. The number of anilines is 1. The normalized spacial score (nSPS) is 16.8. The molecule has 2 atom stereocenters. The smallest absolute Gasteiger partial charge is 0.287 e. The molecule has 1 aromatic carbocycles. The second-order valence-electron chi connectivity index (χ2n) is 9.05. The van der Waals surface area contributed by atoms with Crippen LogP contribution in [0, 0.1) is 10.1 Å². The van der Waals surface area contributed by atoms with Gasteiger partial charge in [0.1, 0.15) is 12.0 Å². The van der Waals surface area contributed by atoms with Crippen LogP contribution in [0.25, 0.3) is 10.9 Å². The summed E-state index contributed by atoms with van der Waals surface area (Å²) < 4.78 is 13.4. The zero-order chi connectivity index (χ0) is 27.8. The van der Waals surface area contributed by atoms with Gasteiger partial charge in [0, 0.05) is 56.6 Å². The van der Waals surface area contributed by atoms with E-state index in [-0.39, 0.29) is 36.4 Å². The van der Waals surface area contributed by atoms with Crippen molar-refractivity contribution in [3.8, 4) is 0 Å². The number of rotatable bonds is 12. The summed E-state index contributed by atoms with van der Waals surface area (Å²) in [4.78, 5) is 39.5. The summed E-state index contributed by atoms with van der Waals surface area (Å²) in [6.45, 7) is 2.52. The lowest BCUT2D eigenvalue weighted by atomic mass is 9.92. The second kappa shape index (κ2) is 13.0. The number of unbranched alkanes of at least 4 members (excludes halogenated alkanes) is 1. The van der Waals surface area contributed by atoms with Crippen LogP contribution in [-0.2, 0) is 14.3 Å². The Labute approximate surface area is 224 Å². The van der Waals surface area contributed by atoms with Gasteiger partial charge in [0.05, 0.1) is 17.0 Å². The van der Waals surface area contributed by atoms with Crippen LogP contribution in [0.5, 0.6) is 0 Å². The number of amides is 1. The first-order valence-corrected chi connectivity index (χ1v) is 12.7. The van der Waals surface area contributed by atoms with Crippen molar-refractivity contribution in [2.45, 2.75) is 38.4 Å². The third-order valence-corrected chi connectivity index (χ3v) is 6.29. The molecule has 3 aromatic rings. The molecule has 0 aliphatic carbocycles.